The quantitative estimate of drug-likeness (QED) is 0.814. The van der Waals surface area contributed by atoms with Crippen LogP contribution in [0.25, 0.3) is 11.7 Å². The lowest BCUT2D eigenvalue weighted by molar-refractivity contribution is 0.0490. The molecule has 5 nitrogen and oxygen atoms in total. The molecule has 2 heterocycles. The molecular weight excluding hydrogens is 290 g/mol. The Labute approximate surface area is 106 Å². The molecule has 17 heavy (non-hydrogen) atoms. The number of aryl methyl sites for hydroxylation is 1. The predicted molar refractivity (Wildman–Crippen MR) is 62.6 cm³/mol. The third-order valence-corrected chi connectivity index (χ3v) is 2.47. The number of oxazole rings is 1. The van der Waals surface area contributed by atoms with Gasteiger partial charge in [-0.1, -0.05) is 0 Å². The van der Waals surface area contributed by atoms with Gasteiger partial charge in [-0.2, -0.15) is 0 Å². The molecule has 0 bridgehead atoms. The molecular formula is C11H10BrNO4. The van der Waals surface area contributed by atoms with E-state index in [1.165, 1.54) is 0 Å². The standard InChI is InChI=1S/C11H10BrNO4/c1-3-15-11(14)9-6(2)13-10(17-9)7-4-5-8(12)16-7/h4-5H,3H2,1-2H3. The molecule has 6 heteroatoms. The van der Waals surface area contributed by atoms with Crippen LogP contribution in [0.3, 0.4) is 0 Å². The Bertz CT molecular complexity index is 543. The van der Waals surface area contributed by atoms with Crippen molar-refractivity contribution in [3.63, 3.8) is 0 Å². The van der Waals surface area contributed by atoms with Crippen LogP contribution in [-0.4, -0.2) is 17.6 Å². The average Bonchev–Trinajstić information content (AvgIpc) is 2.85. The Morgan fingerprint density at radius 3 is 2.82 bits per heavy atom. The first kappa shape index (κ1) is 11.9. The fraction of sp³-hybridized carbons (Fsp3) is 0.273. The van der Waals surface area contributed by atoms with Gasteiger partial charge < -0.3 is 13.6 Å². The first-order valence-electron chi connectivity index (χ1n) is 5.02. The van der Waals surface area contributed by atoms with E-state index in [4.69, 9.17) is 13.6 Å². The van der Waals surface area contributed by atoms with Gasteiger partial charge >= 0.3 is 5.97 Å². The Kier molecular flexibility index (Phi) is 3.33. The number of carbonyl (C=O) groups excluding carboxylic acids is 1. The predicted octanol–water partition coefficient (Wildman–Crippen LogP) is 3.18. The minimum absolute atomic E-state index is 0.106. The van der Waals surface area contributed by atoms with Gasteiger partial charge in [-0.3, -0.25) is 0 Å². The summed E-state index contributed by atoms with van der Waals surface area (Å²) < 4.78 is 16.0. The number of esters is 1. The topological polar surface area (TPSA) is 65.5 Å². The lowest BCUT2D eigenvalue weighted by atomic mass is 10.4. The molecule has 0 aliphatic carbocycles. The van der Waals surface area contributed by atoms with Crippen molar-refractivity contribution < 1.29 is 18.4 Å². The van der Waals surface area contributed by atoms with Gasteiger partial charge in [0, 0.05) is 0 Å². The van der Waals surface area contributed by atoms with E-state index in [-0.39, 0.29) is 11.7 Å². The van der Waals surface area contributed by atoms with Crippen molar-refractivity contribution in [2.45, 2.75) is 13.8 Å². The number of hydrogen-bond donors (Lipinski definition) is 0. The summed E-state index contributed by atoms with van der Waals surface area (Å²) in [6, 6.07) is 3.42. The number of carbonyl (C=O) groups is 1. The first-order chi connectivity index (χ1) is 8.11. The highest BCUT2D eigenvalue weighted by Crippen LogP contribution is 2.26. The van der Waals surface area contributed by atoms with Crippen molar-refractivity contribution in [1.82, 2.24) is 4.98 Å². The van der Waals surface area contributed by atoms with E-state index in [9.17, 15) is 4.79 Å². The van der Waals surface area contributed by atoms with Gasteiger partial charge in [0.2, 0.25) is 5.76 Å². The van der Waals surface area contributed by atoms with E-state index in [1.54, 1.807) is 26.0 Å². The molecule has 0 saturated carbocycles. The molecule has 0 N–H and O–H groups in total. The van der Waals surface area contributed by atoms with Crippen LogP contribution < -0.4 is 0 Å². The summed E-state index contributed by atoms with van der Waals surface area (Å²) in [4.78, 5) is 15.6. The number of halogens is 1. The van der Waals surface area contributed by atoms with E-state index >= 15 is 0 Å². The lowest BCUT2D eigenvalue weighted by Gasteiger charge is -1.96. The van der Waals surface area contributed by atoms with Crippen molar-refractivity contribution in [2.24, 2.45) is 0 Å². The fourth-order valence-corrected chi connectivity index (χ4v) is 1.62. The molecule has 0 saturated heterocycles. The lowest BCUT2D eigenvalue weighted by Crippen LogP contribution is -2.04. The summed E-state index contributed by atoms with van der Waals surface area (Å²) in [6.07, 6.45) is 0. The molecule has 0 unspecified atom stereocenters. The van der Waals surface area contributed by atoms with E-state index < -0.39 is 5.97 Å². The van der Waals surface area contributed by atoms with Gasteiger partial charge in [0.1, 0.15) is 0 Å². The fourth-order valence-electron chi connectivity index (χ4n) is 1.32. The van der Waals surface area contributed by atoms with Crippen molar-refractivity contribution >= 4 is 21.9 Å². The van der Waals surface area contributed by atoms with Crippen LogP contribution in [0.4, 0.5) is 0 Å². The van der Waals surface area contributed by atoms with E-state index in [1.807, 2.05) is 0 Å². The second kappa shape index (κ2) is 4.75. The molecule has 0 fully saturated rings. The number of nitrogens with zero attached hydrogens (tertiary/aromatic N) is 1. The van der Waals surface area contributed by atoms with E-state index in [0.29, 0.717) is 22.7 Å². The highest BCUT2D eigenvalue weighted by molar-refractivity contribution is 9.10. The van der Waals surface area contributed by atoms with Crippen molar-refractivity contribution in [2.75, 3.05) is 6.61 Å². The highest BCUT2D eigenvalue weighted by atomic mass is 79.9. The molecule has 2 aromatic heterocycles. The zero-order valence-electron chi connectivity index (χ0n) is 9.32. The Morgan fingerprint density at radius 2 is 2.24 bits per heavy atom. The van der Waals surface area contributed by atoms with Gasteiger partial charge in [0.15, 0.2) is 10.4 Å². The molecule has 0 aliphatic heterocycles. The third-order valence-electron chi connectivity index (χ3n) is 2.04. The number of rotatable bonds is 3. The maximum Gasteiger partial charge on any atom is 0.376 e. The van der Waals surface area contributed by atoms with Gasteiger partial charge in [-0.15, -0.1) is 0 Å². The first-order valence-corrected chi connectivity index (χ1v) is 5.81. The van der Waals surface area contributed by atoms with Crippen LogP contribution in [0.15, 0.2) is 25.6 Å². The van der Waals surface area contributed by atoms with Crippen molar-refractivity contribution in [3.8, 4) is 11.7 Å². The Morgan fingerprint density at radius 1 is 1.47 bits per heavy atom. The van der Waals surface area contributed by atoms with Crippen molar-refractivity contribution in [3.05, 3.63) is 28.3 Å². The summed E-state index contributed by atoms with van der Waals surface area (Å²) in [5.74, 6) is 0.301. The molecule has 0 amide bonds. The maximum atomic E-state index is 11.5. The number of furan rings is 1. The summed E-state index contributed by atoms with van der Waals surface area (Å²) in [6.45, 7) is 3.70. The number of aromatic nitrogens is 1. The second-order valence-corrected chi connectivity index (χ2v) is 4.04. The highest BCUT2D eigenvalue weighted by Gasteiger charge is 2.20. The third kappa shape index (κ3) is 2.41. The molecule has 0 spiro atoms. The van der Waals surface area contributed by atoms with E-state index in [0.717, 1.165) is 0 Å². The molecule has 2 aromatic rings. The minimum atomic E-state index is -0.519. The Balaban J connectivity index is 2.33. The average molecular weight is 300 g/mol. The largest absolute Gasteiger partial charge is 0.460 e. The molecule has 0 radical (unpaired) electrons. The van der Waals surface area contributed by atoms with Crippen LogP contribution in [0, 0.1) is 6.92 Å². The van der Waals surface area contributed by atoms with Gasteiger partial charge in [-0.05, 0) is 41.9 Å². The summed E-state index contributed by atoms with van der Waals surface area (Å²) in [5, 5.41) is 0. The van der Waals surface area contributed by atoms with Crippen LogP contribution >= 0.6 is 15.9 Å². The smallest absolute Gasteiger partial charge is 0.376 e. The summed E-state index contributed by atoms with van der Waals surface area (Å²) in [5.41, 5.74) is 0.478. The molecule has 0 aromatic carbocycles. The zero-order chi connectivity index (χ0) is 12.4. The molecule has 90 valence electrons. The Hall–Kier alpha value is -1.56. The van der Waals surface area contributed by atoms with Crippen LogP contribution in [0.5, 0.6) is 0 Å². The van der Waals surface area contributed by atoms with Gasteiger partial charge in [-0.25, -0.2) is 9.78 Å². The summed E-state index contributed by atoms with van der Waals surface area (Å²) in [7, 11) is 0. The van der Waals surface area contributed by atoms with Gasteiger partial charge in [0.05, 0.1) is 12.3 Å². The maximum absolute atomic E-state index is 11.5. The molecule has 0 aliphatic rings. The summed E-state index contributed by atoms with van der Waals surface area (Å²) >= 11 is 3.18. The zero-order valence-corrected chi connectivity index (χ0v) is 10.9. The molecule has 0 atom stereocenters. The normalized spacial score (nSPS) is 10.5. The minimum Gasteiger partial charge on any atom is -0.460 e. The van der Waals surface area contributed by atoms with E-state index in [2.05, 4.69) is 20.9 Å². The number of hydrogen-bond acceptors (Lipinski definition) is 5. The van der Waals surface area contributed by atoms with Crippen LogP contribution in [0.1, 0.15) is 23.2 Å². The molecule has 2 rings (SSSR count). The monoisotopic (exact) mass is 299 g/mol. The van der Waals surface area contributed by atoms with Crippen LogP contribution in [0.2, 0.25) is 0 Å². The number of ether oxygens (including phenoxy) is 1. The SMILES string of the molecule is CCOC(=O)c1oc(-c2ccc(Br)o2)nc1C. The van der Waals surface area contributed by atoms with Gasteiger partial charge in [0.25, 0.3) is 5.89 Å². The second-order valence-electron chi connectivity index (χ2n) is 3.26. The van der Waals surface area contributed by atoms with Crippen molar-refractivity contribution in [1.29, 1.82) is 0 Å². The van der Waals surface area contributed by atoms with Crippen LogP contribution in [-0.2, 0) is 4.74 Å².